The molecule has 0 aliphatic carbocycles. The Labute approximate surface area is 146 Å². The van der Waals surface area contributed by atoms with Crippen molar-refractivity contribution in [3.8, 4) is 11.5 Å². The molecule has 1 saturated heterocycles. The van der Waals surface area contributed by atoms with Gasteiger partial charge in [0.15, 0.2) is 11.5 Å². The Bertz CT molecular complexity index is 562. The van der Waals surface area contributed by atoms with E-state index < -0.39 is 6.61 Å². The van der Waals surface area contributed by atoms with Gasteiger partial charge >= 0.3 is 6.61 Å². The smallest absolute Gasteiger partial charge is 0.387 e. The Morgan fingerprint density at radius 2 is 2.16 bits per heavy atom. The minimum absolute atomic E-state index is 0.0271. The van der Waals surface area contributed by atoms with Crippen molar-refractivity contribution in [1.82, 2.24) is 4.90 Å². The van der Waals surface area contributed by atoms with E-state index in [1.54, 1.807) is 11.0 Å². The second-order valence-electron chi connectivity index (χ2n) is 5.98. The highest BCUT2D eigenvalue weighted by Crippen LogP contribution is 2.30. The molecule has 2 rings (SSSR count). The first-order valence-corrected chi connectivity index (χ1v) is 8.58. The van der Waals surface area contributed by atoms with Gasteiger partial charge in [0.05, 0.1) is 13.2 Å². The van der Waals surface area contributed by atoms with Crippen LogP contribution in [0.25, 0.3) is 0 Å². The number of carbonyl (C=O) groups excluding carboxylic acids is 1. The van der Waals surface area contributed by atoms with E-state index in [4.69, 9.17) is 9.47 Å². The second kappa shape index (κ2) is 9.56. The minimum atomic E-state index is -2.98. The van der Waals surface area contributed by atoms with Crippen LogP contribution in [0.2, 0.25) is 0 Å². The molecule has 0 aromatic heterocycles. The summed E-state index contributed by atoms with van der Waals surface area (Å²) in [5.74, 6) is -0.207. The highest BCUT2D eigenvalue weighted by molar-refractivity contribution is 5.95. The van der Waals surface area contributed by atoms with Crippen LogP contribution >= 0.6 is 0 Å². The standard InChI is InChI=1S/C18H25F2NO4/c1-3-9-21(12-14-6-4-5-10-24-14)17(22)13-7-8-15(23-2)16(11-13)25-18(19)20/h7-8,11,14,18H,3-6,9-10,12H2,1-2H3. The number of nitrogens with zero attached hydrogens (tertiary/aromatic N) is 1. The van der Waals surface area contributed by atoms with Gasteiger partial charge < -0.3 is 19.1 Å². The lowest BCUT2D eigenvalue weighted by atomic mass is 10.1. The molecule has 0 spiro atoms. The summed E-state index contributed by atoms with van der Waals surface area (Å²) in [6, 6.07) is 4.33. The highest BCUT2D eigenvalue weighted by Gasteiger charge is 2.23. The van der Waals surface area contributed by atoms with Gasteiger partial charge in [0.25, 0.3) is 5.91 Å². The van der Waals surface area contributed by atoms with Crippen LogP contribution in [-0.2, 0) is 4.74 Å². The first-order valence-electron chi connectivity index (χ1n) is 8.58. The summed E-state index contributed by atoms with van der Waals surface area (Å²) in [6.45, 7) is 0.802. The third-order valence-electron chi connectivity index (χ3n) is 4.11. The summed E-state index contributed by atoms with van der Waals surface area (Å²) in [4.78, 5) is 14.5. The number of halogens is 2. The van der Waals surface area contributed by atoms with Gasteiger partial charge in [-0.1, -0.05) is 6.92 Å². The lowest BCUT2D eigenvalue weighted by Gasteiger charge is -2.30. The molecule has 1 atom stereocenters. The lowest BCUT2D eigenvalue weighted by molar-refractivity contribution is -0.0512. The van der Waals surface area contributed by atoms with E-state index >= 15 is 0 Å². The Hall–Kier alpha value is -1.89. The molecule has 1 aromatic rings. The first-order chi connectivity index (χ1) is 12.0. The van der Waals surface area contributed by atoms with E-state index in [0.29, 0.717) is 25.3 Å². The van der Waals surface area contributed by atoms with Crippen molar-refractivity contribution in [2.45, 2.75) is 45.3 Å². The van der Waals surface area contributed by atoms with E-state index in [1.807, 2.05) is 6.92 Å². The van der Waals surface area contributed by atoms with E-state index in [1.165, 1.54) is 19.2 Å². The Balaban J connectivity index is 2.16. The summed E-state index contributed by atoms with van der Waals surface area (Å²) in [7, 11) is 1.36. The molecule has 0 radical (unpaired) electrons. The van der Waals surface area contributed by atoms with Gasteiger partial charge in [-0.15, -0.1) is 0 Å². The van der Waals surface area contributed by atoms with Crippen LogP contribution in [0, 0.1) is 0 Å². The second-order valence-corrected chi connectivity index (χ2v) is 5.98. The van der Waals surface area contributed by atoms with Gasteiger partial charge in [0, 0.05) is 25.3 Å². The molecular formula is C18H25F2NO4. The zero-order valence-corrected chi connectivity index (χ0v) is 14.7. The topological polar surface area (TPSA) is 48.0 Å². The number of carbonyl (C=O) groups is 1. The molecule has 1 fully saturated rings. The van der Waals surface area contributed by atoms with Crippen LogP contribution in [-0.4, -0.2) is 50.3 Å². The molecule has 1 aliphatic heterocycles. The summed E-state index contributed by atoms with van der Waals surface area (Å²) in [6.07, 6.45) is 3.89. The van der Waals surface area contributed by atoms with E-state index in [0.717, 1.165) is 25.7 Å². The van der Waals surface area contributed by atoms with Crippen molar-refractivity contribution >= 4 is 5.91 Å². The molecular weight excluding hydrogens is 332 g/mol. The van der Waals surface area contributed by atoms with Crippen molar-refractivity contribution in [2.75, 3.05) is 26.8 Å². The quantitative estimate of drug-likeness (QED) is 0.711. The number of alkyl halides is 2. The monoisotopic (exact) mass is 357 g/mol. The molecule has 1 aromatic carbocycles. The van der Waals surface area contributed by atoms with Crippen molar-refractivity contribution < 1.29 is 27.8 Å². The van der Waals surface area contributed by atoms with Crippen LogP contribution in [0.4, 0.5) is 8.78 Å². The summed E-state index contributed by atoms with van der Waals surface area (Å²) < 4.78 is 40.3. The first kappa shape index (κ1) is 19.4. The number of ether oxygens (including phenoxy) is 3. The number of benzene rings is 1. The Morgan fingerprint density at radius 1 is 1.36 bits per heavy atom. The number of hydrogen-bond donors (Lipinski definition) is 0. The predicted octanol–water partition coefficient (Wildman–Crippen LogP) is 3.72. The van der Waals surface area contributed by atoms with Crippen molar-refractivity contribution in [3.63, 3.8) is 0 Å². The van der Waals surface area contributed by atoms with Crippen LogP contribution in [0.3, 0.4) is 0 Å². The third-order valence-corrected chi connectivity index (χ3v) is 4.11. The largest absolute Gasteiger partial charge is 0.493 e. The molecule has 1 amide bonds. The number of amides is 1. The molecule has 5 nitrogen and oxygen atoms in total. The molecule has 0 N–H and O–H groups in total. The fourth-order valence-corrected chi connectivity index (χ4v) is 2.92. The fourth-order valence-electron chi connectivity index (χ4n) is 2.92. The van der Waals surface area contributed by atoms with Gasteiger partial charge in [-0.3, -0.25) is 4.79 Å². The molecule has 7 heteroatoms. The molecule has 1 aliphatic rings. The zero-order valence-electron chi connectivity index (χ0n) is 14.7. The van der Waals surface area contributed by atoms with Gasteiger partial charge in [0.1, 0.15) is 0 Å². The Kier molecular flexibility index (Phi) is 7.43. The molecule has 0 saturated carbocycles. The van der Waals surface area contributed by atoms with Gasteiger partial charge in [-0.05, 0) is 43.9 Å². The fraction of sp³-hybridized carbons (Fsp3) is 0.611. The molecule has 1 unspecified atom stereocenters. The van der Waals surface area contributed by atoms with E-state index in [2.05, 4.69) is 4.74 Å². The van der Waals surface area contributed by atoms with Crippen LogP contribution in [0.1, 0.15) is 43.0 Å². The minimum Gasteiger partial charge on any atom is -0.493 e. The van der Waals surface area contributed by atoms with Gasteiger partial charge in [0.2, 0.25) is 0 Å². The highest BCUT2D eigenvalue weighted by atomic mass is 19.3. The maximum Gasteiger partial charge on any atom is 0.387 e. The van der Waals surface area contributed by atoms with Crippen LogP contribution in [0.15, 0.2) is 18.2 Å². The maximum atomic E-state index is 12.8. The number of rotatable bonds is 8. The number of methoxy groups -OCH3 is 1. The van der Waals surface area contributed by atoms with Crippen LogP contribution in [0.5, 0.6) is 11.5 Å². The lowest BCUT2D eigenvalue weighted by Crippen LogP contribution is -2.40. The van der Waals surface area contributed by atoms with Crippen LogP contribution < -0.4 is 9.47 Å². The van der Waals surface area contributed by atoms with Crippen molar-refractivity contribution in [2.24, 2.45) is 0 Å². The third kappa shape index (κ3) is 5.56. The van der Waals surface area contributed by atoms with Crippen molar-refractivity contribution in [1.29, 1.82) is 0 Å². The zero-order chi connectivity index (χ0) is 18.2. The SMILES string of the molecule is CCCN(CC1CCCCO1)C(=O)c1ccc(OC)c(OC(F)F)c1. The molecule has 0 bridgehead atoms. The maximum absolute atomic E-state index is 12.8. The normalized spacial score (nSPS) is 17.4. The van der Waals surface area contributed by atoms with Crippen molar-refractivity contribution in [3.05, 3.63) is 23.8 Å². The summed E-state index contributed by atoms with van der Waals surface area (Å²) >= 11 is 0. The Morgan fingerprint density at radius 3 is 2.76 bits per heavy atom. The van der Waals surface area contributed by atoms with E-state index in [-0.39, 0.29) is 23.5 Å². The average molecular weight is 357 g/mol. The molecule has 140 valence electrons. The molecule has 25 heavy (non-hydrogen) atoms. The molecule has 1 heterocycles. The summed E-state index contributed by atoms with van der Waals surface area (Å²) in [5, 5.41) is 0. The number of hydrogen-bond acceptors (Lipinski definition) is 4. The average Bonchev–Trinajstić information content (AvgIpc) is 2.61. The predicted molar refractivity (Wildman–Crippen MR) is 89.4 cm³/mol. The van der Waals surface area contributed by atoms with Gasteiger partial charge in [-0.25, -0.2) is 0 Å². The summed E-state index contributed by atoms with van der Waals surface area (Å²) in [5.41, 5.74) is 0.292. The van der Waals surface area contributed by atoms with E-state index in [9.17, 15) is 13.6 Å². The van der Waals surface area contributed by atoms with Gasteiger partial charge in [-0.2, -0.15) is 8.78 Å².